The van der Waals surface area contributed by atoms with E-state index in [9.17, 15) is 14.4 Å². The minimum Gasteiger partial charge on any atom is -0.447 e. The third-order valence-corrected chi connectivity index (χ3v) is 7.76. The summed E-state index contributed by atoms with van der Waals surface area (Å²) in [5, 5.41) is 3.59. The molecule has 2 aliphatic heterocycles. The normalized spacial score (nSPS) is 21.2. The molecule has 0 spiro atoms. The lowest BCUT2D eigenvalue weighted by Gasteiger charge is -2.52. The second-order valence-electron chi connectivity index (χ2n) is 10.9. The Balaban J connectivity index is 1.45. The van der Waals surface area contributed by atoms with Gasteiger partial charge in [-0.3, -0.25) is 14.5 Å². The van der Waals surface area contributed by atoms with Gasteiger partial charge in [-0.2, -0.15) is 0 Å². The number of likely N-dealkylation sites (tertiary alicyclic amines) is 1. The number of carbonyl (C=O) groups is 3. The van der Waals surface area contributed by atoms with Gasteiger partial charge >= 0.3 is 6.09 Å². The van der Waals surface area contributed by atoms with Gasteiger partial charge in [-0.05, 0) is 41.2 Å². The topological polar surface area (TPSA) is 79.0 Å². The number of β-lactam (4-membered cyclic amide) rings is 1. The molecule has 7 nitrogen and oxygen atoms in total. The minimum atomic E-state index is -0.787. The van der Waals surface area contributed by atoms with E-state index in [-0.39, 0.29) is 24.3 Å². The number of amides is 3. The fourth-order valence-corrected chi connectivity index (χ4v) is 5.76. The first-order valence-corrected chi connectivity index (χ1v) is 14.3. The van der Waals surface area contributed by atoms with E-state index in [4.69, 9.17) is 16.3 Å². The van der Waals surface area contributed by atoms with Crippen LogP contribution in [0, 0.1) is 5.92 Å². The number of hydrogen-bond donors (Lipinski definition) is 1. The number of hydrogen-bond acceptors (Lipinski definition) is 4. The zero-order valence-electron chi connectivity index (χ0n) is 23.2. The number of benzene rings is 3. The van der Waals surface area contributed by atoms with Gasteiger partial charge in [0.25, 0.3) is 0 Å². The molecule has 0 saturated carbocycles. The van der Waals surface area contributed by atoms with Crippen molar-refractivity contribution >= 4 is 35.6 Å². The summed E-state index contributed by atoms with van der Waals surface area (Å²) in [6.07, 6.45) is 3.81. The molecular formula is C33H34ClN3O4. The van der Waals surface area contributed by atoms with E-state index in [0.29, 0.717) is 18.0 Å². The van der Waals surface area contributed by atoms with Crippen molar-refractivity contribution in [3.8, 4) is 0 Å². The van der Waals surface area contributed by atoms with Crippen LogP contribution in [0.2, 0.25) is 5.02 Å². The monoisotopic (exact) mass is 571 g/mol. The average Bonchev–Trinajstić information content (AvgIpc) is 3.34. The molecule has 3 aromatic rings. The Labute approximate surface area is 245 Å². The van der Waals surface area contributed by atoms with Crippen molar-refractivity contribution in [3.05, 3.63) is 113 Å². The first-order chi connectivity index (χ1) is 19.8. The van der Waals surface area contributed by atoms with Crippen molar-refractivity contribution in [2.45, 2.75) is 51.0 Å². The highest BCUT2D eigenvalue weighted by molar-refractivity contribution is 6.30. The fourth-order valence-electron chi connectivity index (χ4n) is 5.55. The second kappa shape index (κ2) is 12.6. The number of halogens is 1. The summed E-state index contributed by atoms with van der Waals surface area (Å²) >= 11 is 6.13. The number of ether oxygens (including phenoxy) is 1. The summed E-state index contributed by atoms with van der Waals surface area (Å²) in [5.41, 5.74) is 2.72. The van der Waals surface area contributed by atoms with E-state index in [1.807, 2.05) is 98.8 Å². The van der Waals surface area contributed by atoms with Crippen LogP contribution in [-0.4, -0.2) is 52.4 Å². The molecule has 3 amide bonds. The van der Waals surface area contributed by atoms with Crippen LogP contribution in [0.15, 0.2) is 91.0 Å². The molecule has 0 aromatic heterocycles. The quantitative estimate of drug-likeness (QED) is 0.309. The van der Waals surface area contributed by atoms with Crippen molar-refractivity contribution in [2.75, 3.05) is 6.61 Å². The van der Waals surface area contributed by atoms with Crippen molar-refractivity contribution < 1.29 is 19.1 Å². The van der Waals surface area contributed by atoms with Crippen LogP contribution < -0.4 is 5.32 Å². The molecule has 2 fully saturated rings. The van der Waals surface area contributed by atoms with Crippen LogP contribution >= 0.6 is 11.6 Å². The molecule has 0 radical (unpaired) electrons. The van der Waals surface area contributed by atoms with E-state index < -0.39 is 30.3 Å². The average molecular weight is 572 g/mol. The maximum absolute atomic E-state index is 14.0. The van der Waals surface area contributed by atoms with Gasteiger partial charge in [0.05, 0.1) is 12.1 Å². The molecule has 41 heavy (non-hydrogen) atoms. The smallest absolute Gasteiger partial charge is 0.411 e. The number of nitrogens with zero attached hydrogens (tertiary/aromatic N) is 2. The number of rotatable bonds is 10. The van der Waals surface area contributed by atoms with E-state index in [2.05, 4.69) is 5.32 Å². The number of carbonyl (C=O) groups excluding carboxylic acids is 3. The van der Waals surface area contributed by atoms with Crippen molar-refractivity contribution in [1.29, 1.82) is 0 Å². The van der Waals surface area contributed by atoms with E-state index >= 15 is 0 Å². The Morgan fingerprint density at radius 2 is 1.73 bits per heavy atom. The molecule has 2 aliphatic rings. The van der Waals surface area contributed by atoms with Crippen LogP contribution in [-0.2, 0) is 20.9 Å². The molecule has 3 aromatic carbocycles. The Morgan fingerprint density at radius 3 is 2.41 bits per heavy atom. The molecule has 8 heteroatoms. The third-order valence-electron chi connectivity index (χ3n) is 7.52. The predicted molar refractivity (Wildman–Crippen MR) is 159 cm³/mol. The summed E-state index contributed by atoms with van der Waals surface area (Å²) in [6, 6.07) is 24.2. The van der Waals surface area contributed by atoms with Crippen molar-refractivity contribution in [3.63, 3.8) is 0 Å². The maximum Gasteiger partial charge on any atom is 0.411 e. The van der Waals surface area contributed by atoms with Crippen LogP contribution in [0.5, 0.6) is 0 Å². The molecule has 1 N–H and O–H groups in total. The van der Waals surface area contributed by atoms with Gasteiger partial charge in [-0.25, -0.2) is 4.79 Å². The Hall–Kier alpha value is -4.10. The molecule has 0 bridgehead atoms. The van der Waals surface area contributed by atoms with Gasteiger partial charge in [0, 0.05) is 11.6 Å². The Kier molecular flexibility index (Phi) is 8.74. The van der Waals surface area contributed by atoms with Crippen LogP contribution in [0.25, 0.3) is 6.08 Å². The zero-order valence-corrected chi connectivity index (χ0v) is 23.9. The maximum atomic E-state index is 14.0. The lowest BCUT2D eigenvalue weighted by atomic mass is 9.86. The highest BCUT2D eigenvalue weighted by Gasteiger charge is 2.57. The van der Waals surface area contributed by atoms with Gasteiger partial charge in [0.1, 0.15) is 18.7 Å². The van der Waals surface area contributed by atoms with E-state index in [0.717, 1.165) is 16.7 Å². The van der Waals surface area contributed by atoms with Crippen molar-refractivity contribution in [1.82, 2.24) is 15.1 Å². The first kappa shape index (κ1) is 28.4. The molecule has 4 atom stereocenters. The highest BCUT2D eigenvalue weighted by atomic mass is 35.5. The number of nitrogens with one attached hydrogen (secondary N) is 1. The summed E-state index contributed by atoms with van der Waals surface area (Å²) in [7, 11) is 0. The summed E-state index contributed by atoms with van der Waals surface area (Å²) in [6.45, 7) is 4.50. The molecule has 212 valence electrons. The SMILES string of the molecule is CC(C)CC(C(=O)NCc1cccc(Cl)c1)N1C(=O)C(N2C(=O)OCC2c2ccccc2)C1/C=C/c1ccccc1. The largest absolute Gasteiger partial charge is 0.447 e. The fraction of sp³-hybridized carbons (Fsp3) is 0.303. The lowest BCUT2D eigenvalue weighted by Crippen LogP contribution is -2.74. The second-order valence-corrected chi connectivity index (χ2v) is 11.3. The Bertz CT molecular complexity index is 1410. The summed E-state index contributed by atoms with van der Waals surface area (Å²) in [4.78, 5) is 43.9. The van der Waals surface area contributed by atoms with Gasteiger partial charge in [-0.1, -0.05) is 110 Å². The van der Waals surface area contributed by atoms with Gasteiger partial charge in [0.2, 0.25) is 11.8 Å². The van der Waals surface area contributed by atoms with Crippen LogP contribution in [0.3, 0.4) is 0 Å². The van der Waals surface area contributed by atoms with Gasteiger partial charge in [-0.15, -0.1) is 0 Å². The van der Waals surface area contributed by atoms with Crippen LogP contribution in [0.4, 0.5) is 4.79 Å². The van der Waals surface area contributed by atoms with Gasteiger partial charge < -0.3 is 15.0 Å². The first-order valence-electron chi connectivity index (χ1n) is 13.9. The van der Waals surface area contributed by atoms with Crippen LogP contribution in [0.1, 0.15) is 43.0 Å². The summed E-state index contributed by atoms with van der Waals surface area (Å²) < 4.78 is 5.46. The van der Waals surface area contributed by atoms with E-state index in [1.165, 1.54) is 0 Å². The predicted octanol–water partition coefficient (Wildman–Crippen LogP) is 5.86. The zero-order chi connectivity index (χ0) is 28.9. The summed E-state index contributed by atoms with van der Waals surface area (Å²) in [5.74, 6) is -0.361. The molecular weight excluding hydrogens is 538 g/mol. The molecule has 0 aliphatic carbocycles. The molecule has 2 saturated heterocycles. The third kappa shape index (κ3) is 6.30. The number of cyclic esters (lactones) is 1. The highest BCUT2D eigenvalue weighted by Crippen LogP contribution is 2.39. The van der Waals surface area contributed by atoms with Crippen molar-refractivity contribution in [2.24, 2.45) is 5.92 Å². The van der Waals surface area contributed by atoms with Gasteiger partial charge in [0.15, 0.2) is 0 Å². The molecule has 4 unspecified atom stereocenters. The standard InChI is InChI=1S/C33H34ClN3O4/c1-22(2)18-28(31(38)35-20-24-12-9-15-26(34)19-24)36-27(17-16-23-10-5-3-6-11-23)30(32(36)39)37-29(21-41-33(37)40)25-13-7-4-8-14-25/h3-17,19,22,27-30H,18,20-21H2,1-2H3,(H,35,38)/b17-16+. The minimum absolute atomic E-state index is 0.149. The van der Waals surface area contributed by atoms with E-state index in [1.54, 1.807) is 21.9 Å². The molecule has 5 rings (SSSR count). The molecule has 2 heterocycles. The lowest BCUT2D eigenvalue weighted by molar-refractivity contribution is -0.163. The Morgan fingerprint density at radius 1 is 1.02 bits per heavy atom.